The van der Waals surface area contributed by atoms with Crippen LogP contribution in [0.1, 0.15) is 89.5 Å². The predicted octanol–water partition coefficient (Wildman–Crippen LogP) is 7.35. The Kier molecular flexibility index (Phi) is 15.6. The van der Waals surface area contributed by atoms with Crippen LogP contribution in [-0.4, -0.2) is 0 Å². The Morgan fingerprint density at radius 3 is 2.06 bits per heavy atom. The van der Waals surface area contributed by atoms with Crippen molar-refractivity contribution >= 4 is 0 Å². The van der Waals surface area contributed by atoms with Crippen molar-refractivity contribution in [3.8, 4) is 0 Å². The lowest BCUT2D eigenvalue weighted by Gasteiger charge is -2.35. The molecule has 1 spiro atoms. The number of hydrogen-bond acceptors (Lipinski definition) is 0. The van der Waals surface area contributed by atoms with Gasteiger partial charge in [0.2, 0.25) is 0 Å². The zero-order valence-electron chi connectivity index (χ0n) is 9.05. The lowest BCUT2D eigenvalue weighted by atomic mass is 9.70. The van der Waals surface area contributed by atoms with Crippen LogP contribution >= 0.6 is 0 Å². The van der Waals surface area contributed by atoms with Crippen molar-refractivity contribution in [3.63, 3.8) is 0 Å². The zero-order chi connectivity index (χ0) is 9.31. The third-order valence-electron chi connectivity index (χ3n) is 4.58. The molecule has 0 nitrogen and oxygen atoms in total. The summed E-state index contributed by atoms with van der Waals surface area (Å²) in [6, 6.07) is 0. The van der Waals surface area contributed by atoms with Gasteiger partial charge in [-0.15, -0.1) is 0 Å². The third-order valence-corrected chi connectivity index (χ3v) is 4.58. The molecule has 0 aromatic carbocycles. The molecule has 3 unspecified atom stereocenters. The highest BCUT2D eigenvalue weighted by molar-refractivity contribution is 5.09. The molecule has 2 aliphatic rings. The second kappa shape index (κ2) is 10.6. The monoisotopic (exact) mass is 258 g/mol. The van der Waals surface area contributed by atoms with Crippen molar-refractivity contribution in [2.24, 2.45) is 17.3 Å². The van der Waals surface area contributed by atoms with E-state index in [1.54, 1.807) is 0 Å². The molecule has 0 radical (unpaired) electrons. The average molecular weight is 259 g/mol. The summed E-state index contributed by atoms with van der Waals surface area (Å²) in [6.45, 7) is 4.84. The van der Waals surface area contributed by atoms with E-state index in [1.165, 1.54) is 38.5 Å². The van der Waals surface area contributed by atoms with E-state index in [1.807, 2.05) is 0 Å². The summed E-state index contributed by atoms with van der Waals surface area (Å²) >= 11 is 0. The van der Waals surface area contributed by atoms with Gasteiger partial charge in [-0.25, -0.2) is 0 Å². The summed E-state index contributed by atoms with van der Waals surface area (Å²) < 4.78 is 0. The minimum atomic E-state index is 0. The van der Waals surface area contributed by atoms with Gasteiger partial charge in [0, 0.05) is 0 Å². The Morgan fingerprint density at radius 2 is 1.67 bits per heavy atom. The summed E-state index contributed by atoms with van der Waals surface area (Å²) in [5.41, 5.74) is 0.624. The topological polar surface area (TPSA) is 0 Å². The maximum atomic E-state index is 2.55. The average Bonchev–Trinajstić information content (AvgIpc) is 2.47. The smallest absolute Gasteiger partial charge is 0.00898 e. The van der Waals surface area contributed by atoms with Crippen molar-refractivity contribution in [2.45, 2.75) is 89.5 Å². The zero-order valence-corrected chi connectivity index (χ0v) is 9.05. The van der Waals surface area contributed by atoms with Crippen LogP contribution in [0.3, 0.4) is 0 Å². The van der Waals surface area contributed by atoms with E-state index in [0.29, 0.717) is 5.41 Å². The summed E-state index contributed by atoms with van der Waals surface area (Å²) in [7, 11) is 0. The van der Waals surface area contributed by atoms with Crippen LogP contribution in [0.5, 0.6) is 0 Å². The number of allylic oxidation sites excluding steroid dienone is 2. The van der Waals surface area contributed by atoms with E-state index < -0.39 is 0 Å². The number of hydrogen-bond donors (Lipinski definition) is 0. The predicted molar refractivity (Wildman–Crippen MR) is 91.3 cm³/mol. The first-order valence-electron chi connectivity index (χ1n) is 5.96. The van der Waals surface area contributed by atoms with Crippen LogP contribution in [0.2, 0.25) is 0 Å². The van der Waals surface area contributed by atoms with Gasteiger partial charge in [-0.2, -0.15) is 0 Å². The molecule has 0 heteroatoms. The molecular weight excluding hydrogens is 216 g/mol. The maximum Gasteiger partial charge on any atom is -0.00898 e. The van der Waals surface area contributed by atoms with Crippen LogP contribution in [0.4, 0.5) is 0 Å². The van der Waals surface area contributed by atoms with Gasteiger partial charge in [0.25, 0.3) is 0 Å². The second-order valence-electron chi connectivity index (χ2n) is 5.02. The molecule has 0 N–H and O–H groups in total. The van der Waals surface area contributed by atoms with Gasteiger partial charge in [0.05, 0.1) is 0 Å². The molecule has 0 aromatic rings. The highest BCUT2D eigenvalue weighted by Crippen LogP contribution is 2.53. The minimum Gasteiger partial charge on any atom is -0.0880 e. The van der Waals surface area contributed by atoms with Gasteiger partial charge in [-0.05, 0) is 49.4 Å². The molecule has 2 aliphatic carbocycles. The van der Waals surface area contributed by atoms with Crippen LogP contribution in [0.25, 0.3) is 0 Å². The van der Waals surface area contributed by atoms with Crippen molar-refractivity contribution in [3.05, 3.63) is 12.2 Å². The van der Waals surface area contributed by atoms with E-state index in [-0.39, 0.29) is 37.1 Å². The molecule has 0 bridgehead atoms. The van der Waals surface area contributed by atoms with Crippen molar-refractivity contribution in [1.82, 2.24) is 0 Å². The van der Waals surface area contributed by atoms with E-state index in [9.17, 15) is 0 Å². The molecule has 0 amide bonds. The Hall–Kier alpha value is -0.260. The standard InChI is InChI=1S/C13H22.5CH4/c1-3-12-7-10-13(11(12)2)8-5-4-6-9-13;;;;;/h5,8,11-12H,3-4,6-7,9-10H2,1-2H3;5*1H4. The molecule has 1 fully saturated rings. The van der Waals surface area contributed by atoms with Crippen LogP contribution < -0.4 is 0 Å². The molecule has 2 rings (SSSR count). The van der Waals surface area contributed by atoms with Gasteiger partial charge in [-0.1, -0.05) is 69.6 Å². The SMILES string of the molecule is C.C.C.C.C.CCC1CCC2(C=CCCC2)C1C. The molecule has 114 valence electrons. The van der Waals surface area contributed by atoms with Crippen LogP contribution in [-0.2, 0) is 0 Å². The Labute approximate surface area is 119 Å². The first-order chi connectivity index (χ1) is 6.28. The molecule has 0 aliphatic heterocycles. The van der Waals surface area contributed by atoms with Crippen LogP contribution in [0.15, 0.2) is 12.2 Å². The summed E-state index contributed by atoms with van der Waals surface area (Å²) in [6.07, 6.45) is 13.5. The molecule has 1 saturated carbocycles. The maximum absolute atomic E-state index is 2.55. The fourth-order valence-corrected chi connectivity index (χ4v) is 3.50. The van der Waals surface area contributed by atoms with Crippen molar-refractivity contribution < 1.29 is 0 Å². The molecular formula is C18H42. The lowest BCUT2D eigenvalue weighted by molar-refractivity contribution is 0.219. The second-order valence-corrected chi connectivity index (χ2v) is 5.02. The largest absolute Gasteiger partial charge is 0.0880 e. The molecule has 0 heterocycles. The first-order valence-corrected chi connectivity index (χ1v) is 5.96. The third kappa shape index (κ3) is 4.44. The normalized spacial score (nSPS) is 32.1. The van der Waals surface area contributed by atoms with Gasteiger partial charge >= 0.3 is 0 Å². The Balaban J connectivity index is -0.000000196. The fourth-order valence-electron chi connectivity index (χ4n) is 3.50. The van der Waals surface area contributed by atoms with E-state index in [0.717, 1.165) is 11.8 Å². The summed E-state index contributed by atoms with van der Waals surface area (Å²) in [4.78, 5) is 0. The fraction of sp³-hybridized carbons (Fsp3) is 0.889. The highest BCUT2D eigenvalue weighted by atomic mass is 14.5. The minimum absolute atomic E-state index is 0. The van der Waals surface area contributed by atoms with Gasteiger partial charge in [0.1, 0.15) is 0 Å². The van der Waals surface area contributed by atoms with Gasteiger partial charge < -0.3 is 0 Å². The van der Waals surface area contributed by atoms with E-state index in [2.05, 4.69) is 26.0 Å². The first kappa shape index (κ1) is 26.3. The molecule has 3 atom stereocenters. The Morgan fingerprint density at radius 1 is 1.06 bits per heavy atom. The highest BCUT2D eigenvalue weighted by Gasteiger charge is 2.43. The summed E-state index contributed by atoms with van der Waals surface area (Å²) in [5.74, 6) is 1.94. The molecule has 18 heavy (non-hydrogen) atoms. The molecule has 0 saturated heterocycles. The van der Waals surface area contributed by atoms with Crippen molar-refractivity contribution in [1.29, 1.82) is 0 Å². The van der Waals surface area contributed by atoms with Gasteiger partial charge in [-0.3, -0.25) is 0 Å². The quantitative estimate of drug-likeness (QED) is 0.431. The van der Waals surface area contributed by atoms with Crippen molar-refractivity contribution in [2.75, 3.05) is 0 Å². The summed E-state index contributed by atoms with van der Waals surface area (Å²) in [5, 5.41) is 0. The van der Waals surface area contributed by atoms with E-state index in [4.69, 9.17) is 0 Å². The van der Waals surface area contributed by atoms with Crippen LogP contribution in [0, 0.1) is 17.3 Å². The van der Waals surface area contributed by atoms with Gasteiger partial charge in [0.15, 0.2) is 0 Å². The van der Waals surface area contributed by atoms with E-state index >= 15 is 0 Å². The molecule has 0 aromatic heterocycles. The Bertz CT molecular complexity index is 204. The number of rotatable bonds is 1. The lowest BCUT2D eigenvalue weighted by Crippen LogP contribution is -2.25.